The Bertz CT molecular complexity index is 1210. The number of halogens is 1. The molecule has 0 saturated heterocycles. The van der Waals surface area contributed by atoms with Gasteiger partial charge in [0.05, 0.1) is 23.8 Å². The third-order valence-electron chi connectivity index (χ3n) is 5.16. The molecule has 170 valence electrons. The molecule has 4 aromatic rings. The second-order valence-electron chi connectivity index (χ2n) is 7.56. The first-order chi connectivity index (χ1) is 16.1. The average Bonchev–Trinajstić information content (AvgIpc) is 3.19. The van der Waals surface area contributed by atoms with Crippen molar-refractivity contribution in [2.24, 2.45) is 0 Å². The number of rotatable bonds is 10. The van der Waals surface area contributed by atoms with Crippen LogP contribution in [-0.2, 0) is 17.0 Å². The summed E-state index contributed by atoms with van der Waals surface area (Å²) in [6.45, 7) is 1.80. The van der Waals surface area contributed by atoms with Crippen LogP contribution in [0, 0.1) is 5.82 Å². The summed E-state index contributed by atoms with van der Waals surface area (Å²) < 4.78 is 20.3. The Morgan fingerprint density at radius 1 is 1.09 bits per heavy atom. The summed E-state index contributed by atoms with van der Waals surface area (Å²) >= 11 is 1.60. The number of amides is 1. The smallest absolute Gasteiger partial charge is 0.251 e. The molecule has 2 aromatic heterocycles. The van der Waals surface area contributed by atoms with Gasteiger partial charge in [-0.3, -0.25) is 9.78 Å². The minimum absolute atomic E-state index is 0.0922. The molecular weight excluding hydrogens is 439 g/mol. The number of benzene rings is 2. The summed E-state index contributed by atoms with van der Waals surface area (Å²) in [6.07, 6.45) is 4.32. The predicted octanol–water partition coefficient (Wildman–Crippen LogP) is 4.68. The van der Waals surface area contributed by atoms with Crippen molar-refractivity contribution in [3.05, 3.63) is 89.5 Å². The summed E-state index contributed by atoms with van der Waals surface area (Å²) in [7, 11) is 1.65. The third kappa shape index (κ3) is 5.97. The fourth-order valence-electron chi connectivity index (χ4n) is 3.40. The van der Waals surface area contributed by atoms with E-state index in [1.54, 1.807) is 37.2 Å². The number of nitrogens with one attached hydrogen (secondary N) is 1. The number of nitrogens with zero attached hydrogens (tertiary/aromatic N) is 3. The van der Waals surface area contributed by atoms with Gasteiger partial charge in [0.25, 0.3) is 5.91 Å². The lowest BCUT2D eigenvalue weighted by atomic mass is 10.1. The molecule has 2 aromatic carbocycles. The number of carbonyl (C=O) groups excluding carboxylic acids is 1. The standard InChI is InChI=1S/C25H25FN4O2S/c1-32-14-2-12-28-24(31)20-7-3-18(4-8-20)16-30-23-15-27-13-11-22(23)29-25(30)33-17-19-5-9-21(26)10-6-19/h3-11,13,15H,2,12,14,16-17H2,1H3,(H,28,31). The van der Waals surface area contributed by atoms with Crippen molar-refractivity contribution in [3.8, 4) is 0 Å². The van der Waals surface area contributed by atoms with Crippen molar-refractivity contribution in [3.63, 3.8) is 0 Å². The summed E-state index contributed by atoms with van der Waals surface area (Å²) in [4.78, 5) is 21.3. The van der Waals surface area contributed by atoms with E-state index in [9.17, 15) is 9.18 Å². The van der Waals surface area contributed by atoms with Crippen molar-refractivity contribution in [1.82, 2.24) is 19.9 Å². The summed E-state index contributed by atoms with van der Waals surface area (Å²) in [6, 6.07) is 16.0. The molecule has 0 atom stereocenters. The number of fused-ring (bicyclic) bond motifs is 1. The number of hydrogen-bond acceptors (Lipinski definition) is 5. The van der Waals surface area contributed by atoms with E-state index < -0.39 is 0 Å². The molecule has 0 spiro atoms. The number of hydrogen-bond donors (Lipinski definition) is 1. The molecule has 1 N–H and O–H groups in total. The van der Waals surface area contributed by atoms with E-state index in [0.29, 0.717) is 31.0 Å². The number of carbonyl (C=O) groups is 1. The van der Waals surface area contributed by atoms with Gasteiger partial charge in [-0.2, -0.15) is 0 Å². The number of methoxy groups -OCH3 is 1. The zero-order chi connectivity index (χ0) is 23.0. The number of ether oxygens (including phenoxy) is 1. The second-order valence-corrected chi connectivity index (χ2v) is 8.50. The Kier molecular flexibility index (Phi) is 7.70. The molecule has 6 nitrogen and oxygen atoms in total. The van der Waals surface area contributed by atoms with Crippen molar-refractivity contribution in [2.45, 2.75) is 23.9 Å². The Hall–Kier alpha value is -3.23. The molecule has 4 rings (SSSR count). The summed E-state index contributed by atoms with van der Waals surface area (Å²) in [5.41, 5.74) is 4.52. The highest BCUT2D eigenvalue weighted by molar-refractivity contribution is 7.98. The van der Waals surface area contributed by atoms with Crippen LogP contribution >= 0.6 is 11.8 Å². The van der Waals surface area contributed by atoms with Crippen molar-refractivity contribution < 1.29 is 13.9 Å². The van der Waals surface area contributed by atoms with E-state index in [0.717, 1.165) is 33.7 Å². The maximum atomic E-state index is 13.2. The molecule has 0 fully saturated rings. The SMILES string of the molecule is COCCCNC(=O)c1ccc(Cn2c(SCc3ccc(F)cc3)nc3ccncc32)cc1. The lowest BCUT2D eigenvalue weighted by Gasteiger charge is -2.10. The Morgan fingerprint density at radius 2 is 1.85 bits per heavy atom. The molecule has 1 amide bonds. The van der Waals surface area contributed by atoms with Crippen LogP contribution in [-0.4, -0.2) is 40.7 Å². The van der Waals surface area contributed by atoms with Gasteiger partial charge in [0.2, 0.25) is 0 Å². The third-order valence-corrected chi connectivity index (χ3v) is 6.21. The van der Waals surface area contributed by atoms with Crippen LogP contribution in [0.5, 0.6) is 0 Å². The topological polar surface area (TPSA) is 69.0 Å². The molecule has 0 unspecified atom stereocenters. The average molecular weight is 465 g/mol. The molecule has 0 aliphatic carbocycles. The fraction of sp³-hybridized carbons (Fsp3) is 0.240. The van der Waals surface area contributed by atoms with Gasteiger partial charge in [0, 0.05) is 37.8 Å². The zero-order valence-electron chi connectivity index (χ0n) is 18.3. The van der Waals surface area contributed by atoms with Gasteiger partial charge in [0.15, 0.2) is 5.16 Å². The van der Waals surface area contributed by atoms with Crippen molar-refractivity contribution in [1.29, 1.82) is 0 Å². The van der Waals surface area contributed by atoms with E-state index in [2.05, 4.69) is 14.9 Å². The predicted molar refractivity (Wildman–Crippen MR) is 128 cm³/mol. The molecule has 8 heteroatoms. The summed E-state index contributed by atoms with van der Waals surface area (Å²) in [5.74, 6) is 0.346. The van der Waals surface area contributed by atoms with Crippen LogP contribution in [0.2, 0.25) is 0 Å². The molecule has 0 radical (unpaired) electrons. The zero-order valence-corrected chi connectivity index (χ0v) is 19.1. The Labute approximate surface area is 196 Å². The van der Waals surface area contributed by atoms with Crippen molar-refractivity contribution in [2.75, 3.05) is 20.3 Å². The van der Waals surface area contributed by atoms with Gasteiger partial charge >= 0.3 is 0 Å². The van der Waals surface area contributed by atoms with E-state index in [4.69, 9.17) is 9.72 Å². The van der Waals surface area contributed by atoms with Crippen molar-refractivity contribution >= 4 is 28.7 Å². The Morgan fingerprint density at radius 3 is 2.61 bits per heavy atom. The minimum atomic E-state index is -0.242. The van der Waals surface area contributed by atoms with Crippen LogP contribution < -0.4 is 5.32 Å². The molecule has 0 aliphatic rings. The monoisotopic (exact) mass is 464 g/mol. The van der Waals surface area contributed by atoms with Crippen LogP contribution in [0.1, 0.15) is 27.9 Å². The van der Waals surface area contributed by atoms with E-state index in [1.165, 1.54) is 12.1 Å². The molecule has 0 bridgehead atoms. The van der Waals surface area contributed by atoms with Gasteiger partial charge in [-0.1, -0.05) is 36.0 Å². The van der Waals surface area contributed by atoms with Gasteiger partial charge in [-0.25, -0.2) is 9.37 Å². The van der Waals surface area contributed by atoms with Gasteiger partial charge < -0.3 is 14.6 Å². The maximum Gasteiger partial charge on any atom is 0.251 e. The number of imidazole rings is 1. The largest absolute Gasteiger partial charge is 0.385 e. The minimum Gasteiger partial charge on any atom is -0.385 e. The van der Waals surface area contributed by atoms with E-state index in [-0.39, 0.29) is 11.7 Å². The van der Waals surface area contributed by atoms with Gasteiger partial charge in [0.1, 0.15) is 5.82 Å². The molecule has 2 heterocycles. The highest BCUT2D eigenvalue weighted by Gasteiger charge is 2.13. The second kappa shape index (κ2) is 11.1. The lowest BCUT2D eigenvalue weighted by Crippen LogP contribution is -2.25. The number of thioether (sulfide) groups is 1. The van der Waals surface area contributed by atoms with Crippen LogP contribution in [0.25, 0.3) is 11.0 Å². The lowest BCUT2D eigenvalue weighted by molar-refractivity contribution is 0.0948. The fourth-order valence-corrected chi connectivity index (χ4v) is 4.37. The van der Waals surface area contributed by atoms with Crippen LogP contribution in [0.15, 0.2) is 72.1 Å². The highest BCUT2D eigenvalue weighted by atomic mass is 32.2. The first-order valence-corrected chi connectivity index (χ1v) is 11.7. The first kappa shape index (κ1) is 22.9. The molecule has 0 aliphatic heterocycles. The number of aromatic nitrogens is 3. The van der Waals surface area contributed by atoms with E-state index in [1.807, 2.05) is 36.5 Å². The number of pyridine rings is 1. The molecule has 0 saturated carbocycles. The van der Waals surface area contributed by atoms with E-state index >= 15 is 0 Å². The highest BCUT2D eigenvalue weighted by Crippen LogP contribution is 2.27. The summed E-state index contributed by atoms with van der Waals surface area (Å²) in [5, 5.41) is 3.76. The normalized spacial score (nSPS) is 11.1. The maximum absolute atomic E-state index is 13.2. The molecule has 33 heavy (non-hydrogen) atoms. The molecular formula is C25H25FN4O2S. The van der Waals surface area contributed by atoms with Crippen LogP contribution in [0.3, 0.4) is 0 Å². The van der Waals surface area contributed by atoms with Gasteiger partial charge in [-0.15, -0.1) is 0 Å². The quantitative estimate of drug-likeness (QED) is 0.273. The first-order valence-electron chi connectivity index (χ1n) is 10.7. The van der Waals surface area contributed by atoms with Gasteiger partial charge in [-0.05, 0) is 47.9 Å². The Balaban J connectivity index is 1.48. The van der Waals surface area contributed by atoms with Crippen LogP contribution in [0.4, 0.5) is 4.39 Å².